The van der Waals surface area contributed by atoms with Gasteiger partial charge in [0.25, 0.3) is 11.8 Å². The van der Waals surface area contributed by atoms with Crippen LogP contribution in [0, 0.1) is 0 Å². The molecule has 0 bridgehead atoms. The maximum absolute atomic E-state index is 12.8. The summed E-state index contributed by atoms with van der Waals surface area (Å²) in [5.74, 6) is -0.691. The molecule has 2 amide bonds. The van der Waals surface area contributed by atoms with Crippen LogP contribution in [0.15, 0.2) is 41.0 Å². The third-order valence-electron chi connectivity index (χ3n) is 5.33. The molecule has 0 spiro atoms. The molecule has 10 heteroatoms. The third-order valence-corrected chi connectivity index (χ3v) is 5.64. The monoisotopic (exact) mass is 445 g/mol. The molecule has 9 nitrogen and oxygen atoms in total. The van der Waals surface area contributed by atoms with Crippen molar-refractivity contribution in [3.8, 4) is 0 Å². The second kappa shape index (κ2) is 8.83. The van der Waals surface area contributed by atoms with Crippen molar-refractivity contribution in [1.82, 2.24) is 9.88 Å². The van der Waals surface area contributed by atoms with Gasteiger partial charge in [0.05, 0.1) is 50.3 Å². The van der Waals surface area contributed by atoms with Gasteiger partial charge in [0.15, 0.2) is 12.3 Å². The van der Waals surface area contributed by atoms with Gasteiger partial charge >= 0.3 is 5.97 Å². The second-order valence-corrected chi connectivity index (χ2v) is 7.68. The number of quaternary nitrogens is 1. The first-order valence-electron chi connectivity index (χ1n) is 9.82. The average Bonchev–Trinajstić information content (AvgIpc) is 3.42. The average molecular weight is 446 g/mol. The van der Waals surface area contributed by atoms with E-state index in [1.165, 1.54) is 13.4 Å². The van der Waals surface area contributed by atoms with Gasteiger partial charge < -0.3 is 29.3 Å². The summed E-state index contributed by atoms with van der Waals surface area (Å²) in [6, 6.07) is 8.53. The maximum atomic E-state index is 12.8. The van der Waals surface area contributed by atoms with Gasteiger partial charge in [-0.05, 0) is 24.3 Å². The van der Waals surface area contributed by atoms with Crippen LogP contribution in [0.1, 0.15) is 21.0 Å². The zero-order valence-electron chi connectivity index (χ0n) is 16.9. The number of methoxy groups -OCH3 is 1. The number of nitrogens with one attached hydrogen (secondary N) is 3. The molecular weight excluding hydrogens is 424 g/mol. The highest BCUT2D eigenvalue weighted by molar-refractivity contribution is 6.37. The van der Waals surface area contributed by atoms with E-state index in [1.807, 2.05) is 0 Å². The van der Waals surface area contributed by atoms with Crippen LogP contribution in [0.5, 0.6) is 0 Å². The van der Waals surface area contributed by atoms with Crippen LogP contribution in [0.2, 0.25) is 5.02 Å². The van der Waals surface area contributed by atoms with Crippen LogP contribution in [0.4, 0.5) is 5.69 Å². The summed E-state index contributed by atoms with van der Waals surface area (Å²) >= 11 is 6.31. The van der Waals surface area contributed by atoms with Crippen LogP contribution in [0.25, 0.3) is 10.9 Å². The first-order chi connectivity index (χ1) is 15.0. The predicted octanol–water partition coefficient (Wildman–Crippen LogP) is 1.18. The fraction of sp³-hybridized carbons (Fsp3) is 0.286. The number of nitrogens with zero attached hydrogens (tertiary/aromatic N) is 1. The Kier molecular flexibility index (Phi) is 5.97. The molecule has 0 unspecified atom stereocenters. The van der Waals surface area contributed by atoms with E-state index in [-0.39, 0.29) is 24.1 Å². The van der Waals surface area contributed by atoms with Gasteiger partial charge in [-0.25, -0.2) is 4.79 Å². The van der Waals surface area contributed by atoms with Crippen molar-refractivity contribution in [3.05, 3.63) is 53.1 Å². The van der Waals surface area contributed by atoms with E-state index in [1.54, 1.807) is 35.2 Å². The minimum atomic E-state index is -0.597. The lowest BCUT2D eigenvalue weighted by Gasteiger charge is -2.31. The Bertz CT molecular complexity index is 1120. The van der Waals surface area contributed by atoms with Crippen LogP contribution in [-0.4, -0.2) is 67.5 Å². The lowest BCUT2D eigenvalue weighted by molar-refractivity contribution is -0.895. The number of esters is 1. The highest BCUT2D eigenvalue weighted by Crippen LogP contribution is 2.33. The fourth-order valence-corrected chi connectivity index (χ4v) is 4.02. The highest BCUT2D eigenvalue weighted by atomic mass is 35.5. The number of halogens is 1. The van der Waals surface area contributed by atoms with Crippen molar-refractivity contribution >= 4 is 46.0 Å². The molecule has 0 radical (unpaired) electrons. The number of carbonyl (C=O) groups is 3. The highest BCUT2D eigenvalue weighted by Gasteiger charge is 2.28. The summed E-state index contributed by atoms with van der Waals surface area (Å²) in [5, 5.41) is 3.79. The van der Waals surface area contributed by atoms with Gasteiger partial charge in [0, 0.05) is 10.9 Å². The Hall–Kier alpha value is -3.30. The summed E-state index contributed by atoms with van der Waals surface area (Å²) in [6.07, 6.45) is 1.47. The van der Waals surface area contributed by atoms with Crippen LogP contribution in [-0.2, 0) is 9.53 Å². The second-order valence-electron chi connectivity index (χ2n) is 7.27. The van der Waals surface area contributed by atoms with Crippen molar-refractivity contribution in [1.29, 1.82) is 0 Å². The van der Waals surface area contributed by atoms with E-state index < -0.39 is 5.97 Å². The van der Waals surface area contributed by atoms with E-state index in [0.717, 1.165) is 4.90 Å². The number of furan rings is 1. The molecular formula is C21H22ClN4O5+. The molecule has 0 aliphatic carbocycles. The minimum Gasteiger partial charge on any atom is -0.464 e. The predicted molar refractivity (Wildman–Crippen MR) is 113 cm³/mol. The maximum Gasteiger partial charge on any atom is 0.356 e. The summed E-state index contributed by atoms with van der Waals surface area (Å²) < 4.78 is 10.00. The molecule has 3 heterocycles. The summed E-state index contributed by atoms with van der Waals surface area (Å²) in [5.41, 5.74) is 1.08. The minimum absolute atomic E-state index is 0.141. The number of ether oxygens (including phenoxy) is 1. The van der Waals surface area contributed by atoms with E-state index >= 15 is 0 Å². The smallest absolute Gasteiger partial charge is 0.356 e. The number of carbonyl (C=O) groups excluding carboxylic acids is 3. The number of rotatable bonds is 5. The van der Waals surface area contributed by atoms with Crippen molar-refractivity contribution < 1.29 is 28.4 Å². The SMILES string of the molecule is COC(=O)c1[nH]c2cccc(Cl)c2c1NC(=O)C[NH+]1CCN(C(=O)c2ccco2)CC1. The van der Waals surface area contributed by atoms with E-state index in [4.69, 9.17) is 20.8 Å². The zero-order chi connectivity index (χ0) is 22.0. The van der Waals surface area contributed by atoms with Crippen LogP contribution >= 0.6 is 11.6 Å². The van der Waals surface area contributed by atoms with E-state index in [2.05, 4.69) is 10.3 Å². The number of hydrogen-bond donors (Lipinski definition) is 3. The van der Waals surface area contributed by atoms with Crippen molar-refractivity contribution in [2.45, 2.75) is 0 Å². The lowest BCUT2D eigenvalue weighted by atomic mass is 10.2. The topological polar surface area (TPSA) is 109 Å². The number of anilines is 1. The van der Waals surface area contributed by atoms with Gasteiger partial charge in [-0.1, -0.05) is 17.7 Å². The third kappa shape index (κ3) is 4.28. The molecule has 2 aromatic heterocycles. The van der Waals surface area contributed by atoms with Crippen molar-refractivity contribution in [2.75, 3.05) is 45.2 Å². The van der Waals surface area contributed by atoms with Gasteiger partial charge in [-0.3, -0.25) is 9.59 Å². The molecule has 1 saturated heterocycles. The first-order valence-corrected chi connectivity index (χ1v) is 10.2. The van der Waals surface area contributed by atoms with Crippen molar-refractivity contribution in [3.63, 3.8) is 0 Å². The van der Waals surface area contributed by atoms with Gasteiger partial charge in [0.2, 0.25) is 0 Å². The van der Waals surface area contributed by atoms with Crippen LogP contribution < -0.4 is 10.2 Å². The van der Waals surface area contributed by atoms with Crippen LogP contribution in [0.3, 0.4) is 0 Å². The molecule has 1 aliphatic rings. The van der Waals surface area contributed by atoms with Gasteiger partial charge in [-0.2, -0.15) is 0 Å². The lowest BCUT2D eigenvalue weighted by Crippen LogP contribution is -3.15. The Balaban J connectivity index is 1.42. The standard InChI is InChI=1S/C21H21ClN4O5/c1-30-21(29)19-18(17-13(22)4-2-5-14(17)23-19)24-16(27)12-25-7-9-26(10-8-25)20(28)15-6-3-11-31-15/h2-6,11,23H,7-10,12H2,1H3,(H,24,27)/p+1. The number of hydrogen-bond acceptors (Lipinski definition) is 5. The number of aromatic nitrogens is 1. The van der Waals surface area contributed by atoms with Gasteiger partial charge in [-0.15, -0.1) is 0 Å². The van der Waals surface area contributed by atoms with Gasteiger partial charge in [0.1, 0.15) is 5.69 Å². The summed E-state index contributed by atoms with van der Waals surface area (Å²) in [4.78, 5) is 43.0. The molecule has 4 rings (SSSR count). The van der Waals surface area contributed by atoms with Crippen molar-refractivity contribution in [2.24, 2.45) is 0 Å². The number of aromatic amines is 1. The molecule has 1 fully saturated rings. The Labute approximate surface area is 182 Å². The zero-order valence-corrected chi connectivity index (χ0v) is 17.6. The van der Waals surface area contributed by atoms with E-state index in [0.29, 0.717) is 53.6 Å². The fourth-order valence-electron chi connectivity index (χ4n) is 3.75. The molecule has 3 N–H and O–H groups in total. The molecule has 0 atom stereocenters. The molecule has 3 aromatic rings. The number of H-pyrrole nitrogens is 1. The Morgan fingerprint density at radius 3 is 2.68 bits per heavy atom. The summed E-state index contributed by atoms with van der Waals surface area (Å²) in [7, 11) is 1.27. The number of benzene rings is 1. The molecule has 0 saturated carbocycles. The summed E-state index contributed by atoms with van der Waals surface area (Å²) in [6.45, 7) is 2.49. The quantitative estimate of drug-likeness (QED) is 0.511. The molecule has 1 aromatic carbocycles. The number of amides is 2. The molecule has 162 valence electrons. The molecule has 1 aliphatic heterocycles. The number of piperazine rings is 1. The Morgan fingerprint density at radius 2 is 2.00 bits per heavy atom. The first kappa shape index (κ1) is 21.0. The number of fused-ring (bicyclic) bond motifs is 1. The largest absolute Gasteiger partial charge is 0.464 e. The molecule has 31 heavy (non-hydrogen) atoms. The van der Waals surface area contributed by atoms with E-state index in [9.17, 15) is 14.4 Å². The Morgan fingerprint density at radius 1 is 1.23 bits per heavy atom. The normalized spacial score (nSPS) is 14.6.